The molecule has 1 aromatic heterocycles. The van der Waals surface area contributed by atoms with Gasteiger partial charge in [0.15, 0.2) is 0 Å². The monoisotopic (exact) mass is 323 g/mol. The second-order valence-corrected chi connectivity index (χ2v) is 5.78. The van der Waals surface area contributed by atoms with E-state index in [2.05, 4.69) is 22.1 Å². The Kier molecular flexibility index (Phi) is 5.23. The Bertz CT molecular complexity index is 698. The van der Waals surface area contributed by atoms with Crippen LogP contribution < -0.4 is 10.2 Å². The molecule has 1 unspecified atom stereocenters. The summed E-state index contributed by atoms with van der Waals surface area (Å²) < 4.78 is 5.56. The highest BCUT2D eigenvalue weighted by atomic mass is 16.5. The maximum absolute atomic E-state index is 12.0. The number of benzene rings is 1. The van der Waals surface area contributed by atoms with Crippen molar-refractivity contribution < 1.29 is 9.53 Å². The molecule has 1 amide bonds. The van der Waals surface area contributed by atoms with Crippen molar-refractivity contribution in [1.29, 1.82) is 0 Å². The van der Waals surface area contributed by atoms with E-state index >= 15 is 0 Å². The number of nitrogens with zero attached hydrogens (tertiary/aromatic N) is 2. The predicted molar refractivity (Wildman–Crippen MR) is 96.0 cm³/mol. The molecule has 1 aliphatic heterocycles. The van der Waals surface area contributed by atoms with Gasteiger partial charge in [0.2, 0.25) is 5.91 Å². The number of carbonyl (C=O) groups is 1. The molecule has 1 fully saturated rings. The van der Waals surface area contributed by atoms with Crippen molar-refractivity contribution in [3.63, 3.8) is 0 Å². The lowest BCUT2D eigenvalue weighted by Gasteiger charge is -2.33. The van der Waals surface area contributed by atoms with Crippen LogP contribution in [0, 0.1) is 0 Å². The van der Waals surface area contributed by atoms with Gasteiger partial charge in [-0.25, -0.2) is 0 Å². The molecule has 1 aromatic carbocycles. The zero-order valence-electron chi connectivity index (χ0n) is 13.7. The van der Waals surface area contributed by atoms with Crippen molar-refractivity contribution in [2.45, 2.75) is 13.0 Å². The normalized spacial score (nSPS) is 17.9. The number of hydrogen-bond acceptors (Lipinski definition) is 4. The number of morpholine rings is 1. The molecule has 124 valence electrons. The van der Waals surface area contributed by atoms with Crippen LogP contribution in [-0.2, 0) is 9.53 Å². The third-order valence-electron chi connectivity index (χ3n) is 3.85. The zero-order valence-corrected chi connectivity index (χ0v) is 13.7. The number of amides is 1. The van der Waals surface area contributed by atoms with Gasteiger partial charge >= 0.3 is 0 Å². The summed E-state index contributed by atoms with van der Waals surface area (Å²) in [5.41, 5.74) is 2.82. The van der Waals surface area contributed by atoms with Gasteiger partial charge in [-0.3, -0.25) is 9.78 Å². The molecular formula is C19H21N3O2. The quantitative estimate of drug-likeness (QED) is 0.879. The first-order valence-electron chi connectivity index (χ1n) is 8.06. The molecule has 0 bridgehead atoms. The van der Waals surface area contributed by atoms with Gasteiger partial charge in [0.1, 0.15) is 0 Å². The fraction of sp³-hybridized carbons (Fsp3) is 0.263. The van der Waals surface area contributed by atoms with Crippen LogP contribution in [0.3, 0.4) is 0 Å². The van der Waals surface area contributed by atoms with Gasteiger partial charge in [-0.1, -0.05) is 6.07 Å². The first-order chi connectivity index (χ1) is 11.7. The molecule has 1 atom stereocenters. The van der Waals surface area contributed by atoms with Crippen LogP contribution in [0.4, 0.5) is 11.4 Å². The molecule has 2 heterocycles. The topological polar surface area (TPSA) is 54.5 Å². The minimum absolute atomic E-state index is 0.161. The lowest BCUT2D eigenvalue weighted by Crippen LogP contribution is -2.41. The Balaban J connectivity index is 1.57. The fourth-order valence-corrected chi connectivity index (χ4v) is 2.64. The van der Waals surface area contributed by atoms with Crippen molar-refractivity contribution >= 4 is 23.4 Å². The predicted octanol–water partition coefficient (Wildman–Crippen LogP) is 2.96. The summed E-state index contributed by atoms with van der Waals surface area (Å²) >= 11 is 0. The van der Waals surface area contributed by atoms with Gasteiger partial charge in [0.25, 0.3) is 0 Å². The average molecular weight is 323 g/mol. The summed E-state index contributed by atoms with van der Waals surface area (Å²) in [5.74, 6) is -0.161. The van der Waals surface area contributed by atoms with Crippen molar-refractivity contribution in [2.75, 3.05) is 29.9 Å². The van der Waals surface area contributed by atoms with Crippen molar-refractivity contribution in [2.24, 2.45) is 0 Å². The van der Waals surface area contributed by atoms with Crippen molar-refractivity contribution in [3.8, 4) is 0 Å². The highest BCUT2D eigenvalue weighted by Crippen LogP contribution is 2.20. The number of rotatable bonds is 4. The Morgan fingerprint density at radius 2 is 2.17 bits per heavy atom. The van der Waals surface area contributed by atoms with Gasteiger partial charge in [-0.05, 0) is 48.9 Å². The molecule has 24 heavy (non-hydrogen) atoms. The third kappa shape index (κ3) is 4.43. The fourth-order valence-electron chi connectivity index (χ4n) is 2.64. The zero-order chi connectivity index (χ0) is 16.8. The smallest absolute Gasteiger partial charge is 0.248 e. The molecule has 1 aliphatic rings. The van der Waals surface area contributed by atoms with Crippen LogP contribution in [0.2, 0.25) is 0 Å². The van der Waals surface area contributed by atoms with E-state index in [0.717, 1.165) is 36.6 Å². The Hall–Kier alpha value is -2.66. The molecule has 1 N–H and O–H groups in total. The molecule has 0 aliphatic carbocycles. The number of carbonyl (C=O) groups excluding carboxylic acids is 1. The molecule has 1 saturated heterocycles. The number of pyridine rings is 1. The third-order valence-corrected chi connectivity index (χ3v) is 3.85. The number of hydrogen-bond donors (Lipinski definition) is 1. The summed E-state index contributed by atoms with van der Waals surface area (Å²) in [5, 5.41) is 2.86. The lowest BCUT2D eigenvalue weighted by atomic mass is 10.2. The maximum atomic E-state index is 12.0. The van der Waals surface area contributed by atoms with E-state index < -0.39 is 0 Å². The summed E-state index contributed by atoms with van der Waals surface area (Å²) in [7, 11) is 0. The van der Waals surface area contributed by atoms with Gasteiger partial charge in [-0.15, -0.1) is 0 Å². The largest absolute Gasteiger partial charge is 0.375 e. The van der Waals surface area contributed by atoms with Gasteiger partial charge in [0, 0.05) is 42.9 Å². The van der Waals surface area contributed by atoms with Gasteiger partial charge in [0.05, 0.1) is 12.7 Å². The van der Waals surface area contributed by atoms with Crippen molar-refractivity contribution in [1.82, 2.24) is 4.98 Å². The molecule has 3 rings (SSSR count). The minimum Gasteiger partial charge on any atom is -0.375 e. The molecule has 5 nitrogen and oxygen atoms in total. The van der Waals surface area contributed by atoms with Crippen LogP contribution in [0.15, 0.2) is 54.9 Å². The first-order valence-corrected chi connectivity index (χ1v) is 8.06. The van der Waals surface area contributed by atoms with Gasteiger partial charge in [-0.2, -0.15) is 0 Å². The van der Waals surface area contributed by atoms with Crippen LogP contribution in [0.1, 0.15) is 12.5 Å². The van der Waals surface area contributed by atoms with Crippen molar-refractivity contribution in [3.05, 3.63) is 60.4 Å². The number of nitrogens with one attached hydrogen (secondary N) is 1. The average Bonchev–Trinajstić information content (AvgIpc) is 2.61. The van der Waals surface area contributed by atoms with E-state index in [1.54, 1.807) is 18.5 Å². The van der Waals surface area contributed by atoms with E-state index in [9.17, 15) is 4.79 Å². The number of anilines is 2. The summed E-state index contributed by atoms with van der Waals surface area (Å²) in [6.45, 7) is 4.61. The highest BCUT2D eigenvalue weighted by Gasteiger charge is 2.16. The van der Waals surface area contributed by atoms with E-state index in [4.69, 9.17) is 4.74 Å². The maximum Gasteiger partial charge on any atom is 0.248 e. The van der Waals surface area contributed by atoms with Crippen LogP contribution in [0.25, 0.3) is 6.08 Å². The second kappa shape index (κ2) is 7.75. The summed E-state index contributed by atoms with van der Waals surface area (Å²) in [6.07, 6.45) is 6.91. The standard InChI is InChI=1S/C19H21N3O2/c1-15-14-22(11-12-24-15)18-7-5-17(6-8-18)21-19(23)9-4-16-3-2-10-20-13-16/h2-10,13,15H,11-12,14H2,1H3,(H,21,23)/b9-4+. The Morgan fingerprint density at radius 3 is 2.88 bits per heavy atom. The van der Waals surface area contributed by atoms with Gasteiger partial charge < -0.3 is 15.0 Å². The molecular weight excluding hydrogens is 302 g/mol. The minimum atomic E-state index is -0.161. The molecule has 5 heteroatoms. The van der Waals surface area contributed by atoms with Crippen LogP contribution in [0.5, 0.6) is 0 Å². The number of ether oxygens (including phenoxy) is 1. The van der Waals surface area contributed by atoms with Crippen LogP contribution >= 0.6 is 0 Å². The van der Waals surface area contributed by atoms with E-state index in [0.29, 0.717) is 0 Å². The summed E-state index contributed by atoms with van der Waals surface area (Å²) in [6, 6.07) is 11.6. The molecule has 0 saturated carbocycles. The highest BCUT2D eigenvalue weighted by molar-refractivity contribution is 6.01. The SMILES string of the molecule is CC1CN(c2ccc(NC(=O)/C=C/c3cccnc3)cc2)CCO1. The second-order valence-electron chi connectivity index (χ2n) is 5.78. The van der Waals surface area contributed by atoms with E-state index in [1.165, 1.54) is 6.08 Å². The lowest BCUT2D eigenvalue weighted by molar-refractivity contribution is -0.111. The Morgan fingerprint density at radius 1 is 1.33 bits per heavy atom. The molecule has 0 radical (unpaired) electrons. The molecule has 2 aromatic rings. The van der Waals surface area contributed by atoms with E-state index in [-0.39, 0.29) is 12.0 Å². The first kappa shape index (κ1) is 16.2. The summed E-state index contributed by atoms with van der Waals surface area (Å²) in [4.78, 5) is 18.3. The molecule has 0 spiro atoms. The number of aromatic nitrogens is 1. The Labute approximate surface area is 142 Å². The van der Waals surface area contributed by atoms with Crippen LogP contribution in [-0.4, -0.2) is 36.7 Å². The van der Waals surface area contributed by atoms with E-state index in [1.807, 2.05) is 36.4 Å².